The lowest BCUT2D eigenvalue weighted by Gasteiger charge is -2.53. The first-order chi connectivity index (χ1) is 19.4. The molecule has 0 bridgehead atoms. The van der Waals surface area contributed by atoms with Gasteiger partial charge in [0.15, 0.2) is 11.6 Å². The Morgan fingerprint density at radius 1 is 0.550 bits per heavy atom. The molecule has 0 spiro atoms. The van der Waals surface area contributed by atoms with E-state index in [2.05, 4.69) is 60.7 Å². The highest BCUT2D eigenvalue weighted by Crippen LogP contribution is 2.63. The van der Waals surface area contributed by atoms with Crippen molar-refractivity contribution < 1.29 is 9.59 Å². The average Bonchev–Trinajstić information content (AvgIpc) is 3.71. The first-order valence-electron chi connectivity index (χ1n) is 13.5. The number of allylic oxidation sites excluding steroid dienone is 2. The summed E-state index contributed by atoms with van der Waals surface area (Å²) in [5, 5.41) is 15.0. The van der Waals surface area contributed by atoms with Crippen molar-refractivity contribution in [3.8, 4) is 0 Å². The summed E-state index contributed by atoms with van der Waals surface area (Å²) < 4.78 is 0. The normalized spacial score (nSPS) is 22.9. The maximum atomic E-state index is 15.0. The fourth-order valence-corrected chi connectivity index (χ4v) is 9.21. The Hall–Kier alpha value is -4.12. The molecule has 0 saturated heterocycles. The van der Waals surface area contributed by atoms with Crippen molar-refractivity contribution in [1.82, 2.24) is 0 Å². The summed E-state index contributed by atoms with van der Waals surface area (Å²) in [5.74, 6) is 0.0464. The van der Waals surface area contributed by atoms with Gasteiger partial charge < -0.3 is 0 Å². The van der Waals surface area contributed by atoms with Crippen LogP contribution in [0.4, 0.5) is 0 Å². The molecule has 3 aliphatic rings. The molecule has 0 aliphatic heterocycles. The lowest BCUT2D eigenvalue weighted by molar-refractivity contribution is -0.129. The lowest BCUT2D eigenvalue weighted by Crippen LogP contribution is -2.59. The zero-order chi connectivity index (χ0) is 27.0. The SMILES string of the molecule is CC12C(=O)C(c3ccsc3)=Cc3ccc4c5ccccc5c5ccc6c(c5c4c31)C2(C)C(=O)C(c1ccsc1)=C6. The monoisotopic (exact) mass is 550 g/mol. The molecule has 9 rings (SSSR count). The largest absolute Gasteiger partial charge is 0.293 e. The van der Waals surface area contributed by atoms with Crippen LogP contribution in [0, 0.1) is 0 Å². The number of hydrogen-bond donors (Lipinski definition) is 0. The van der Waals surface area contributed by atoms with Gasteiger partial charge in [0.05, 0.1) is 10.8 Å². The Bertz CT molecular complexity index is 2050. The third kappa shape index (κ3) is 2.39. The van der Waals surface area contributed by atoms with Crippen LogP contribution < -0.4 is 0 Å². The van der Waals surface area contributed by atoms with Gasteiger partial charge in [-0.05, 0) is 125 Å². The number of ketones is 2. The molecule has 0 radical (unpaired) electrons. The number of thiophene rings is 2. The molecule has 40 heavy (non-hydrogen) atoms. The molecule has 0 N–H and O–H groups in total. The van der Waals surface area contributed by atoms with Crippen LogP contribution in [0.2, 0.25) is 0 Å². The number of rotatable bonds is 2. The molecule has 3 aliphatic carbocycles. The molecule has 0 fully saturated rings. The summed E-state index contributed by atoms with van der Waals surface area (Å²) in [4.78, 5) is 30.0. The van der Waals surface area contributed by atoms with Crippen molar-refractivity contribution in [3.63, 3.8) is 0 Å². The molecule has 2 atom stereocenters. The number of hydrogen-bond acceptors (Lipinski definition) is 4. The van der Waals surface area contributed by atoms with Crippen LogP contribution in [0.15, 0.2) is 82.2 Å². The predicted molar refractivity (Wildman–Crippen MR) is 168 cm³/mol. The second kappa shape index (κ2) is 7.34. The average molecular weight is 551 g/mol. The van der Waals surface area contributed by atoms with Crippen molar-refractivity contribution in [1.29, 1.82) is 0 Å². The molecule has 2 aromatic heterocycles. The Morgan fingerprint density at radius 2 is 1.00 bits per heavy atom. The van der Waals surface area contributed by atoms with Crippen molar-refractivity contribution >= 4 is 89.9 Å². The Labute approximate surface area is 238 Å². The van der Waals surface area contributed by atoms with Crippen LogP contribution in [0.1, 0.15) is 47.2 Å². The summed E-state index contributed by atoms with van der Waals surface area (Å²) in [6.45, 7) is 4.09. The van der Waals surface area contributed by atoms with E-state index >= 15 is 9.59 Å². The molecule has 0 saturated carbocycles. The Balaban J connectivity index is 1.56. The van der Waals surface area contributed by atoms with E-state index in [1.165, 1.54) is 10.8 Å². The number of fused-ring (bicyclic) bond motifs is 4. The van der Waals surface area contributed by atoms with Crippen LogP contribution >= 0.6 is 22.7 Å². The molecule has 4 heteroatoms. The molecular weight excluding hydrogens is 529 g/mol. The minimum atomic E-state index is -1.08. The maximum absolute atomic E-state index is 15.0. The summed E-state index contributed by atoms with van der Waals surface area (Å²) in [5.41, 5.74) is 5.11. The van der Waals surface area contributed by atoms with Gasteiger partial charge in [0.2, 0.25) is 0 Å². The van der Waals surface area contributed by atoms with Crippen LogP contribution in [-0.2, 0) is 20.4 Å². The fourth-order valence-electron chi connectivity index (χ4n) is 7.90. The predicted octanol–water partition coefficient (Wildman–Crippen LogP) is 9.04. The third-order valence-electron chi connectivity index (χ3n) is 9.89. The van der Waals surface area contributed by atoms with Gasteiger partial charge >= 0.3 is 0 Å². The number of carbonyl (C=O) groups is 2. The molecule has 2 heterocycles. The van der Waals surface area contributed by atoms with Gasteiger partial charge in [-0.25, -0.2) is 0 Å². The Morgan fingerprint density at radius 3 is 1.40 bits per heavy atom. The fraction of sp³-hybridized carbons (Fsp3) is 0.111. The summed E-state index contributed by atoms with van der Waals surface area (Å²) in [6.07, 6.45) is 4.12. The number of benzene rings is 4. The van der Waals surface area contributed by atoms with E-state index in [4.69, 9.17) is 0 Å². The van der Waals surface area contributed by atoms with Crippen molar-refractivity contribution in [2.45, 2.75) is 24.7 Å². The molecular formula is C36H22O2S2. The zero-order valence-electron chi connectivity index (χ0n) is 21.9. The van der Waals surface area contributed by atoms with E-state index < -0.39 is 10.8 Å². The quantitative estimate of drug-likeness (QED) is 0.202. The van der Waals surface area contributed by atoms with Crippen LogP contribution in [-0.4, -0.2) is 11.6 Å². The van der Waals surface area contributed by atoms with E-state index in [9.17, 15) is 0 Å². The second-order valence-electron chi connectivity index (χ2n) is 11.5. The highest BCUT2D eigenvalue weighted by atomic mass is 32.1. The summed E-state index contributed by atoms with van der Waals surface area (Å²) in [6, 6.07) is 21.3. The van der Waals surface area contributed by atoms with Crippen molar-refractivity contribution in [3.05, 3.63) is 116 Å². The molecule has 2 unspecified atom stereocenters. The standard InChI is InChI=1S/C36H22O2S2/c1-35-31-19(15-27(33(35)37)21-11-13-39-17-21)7-9-25-23-5-3-4-6-24(23)26-10-8-20-16-28(22-12-14-40-18-22)34(38)36(35,2)32(20)30(26)29(25)31/h3-18H,1-2H3. The molecule has 190 valence electrons. The second-order valence-corrected chi connectivity index (χ2v) is 13.1. The van der Waals surface area contributed by atoms with E-state index in [0.717, 1.165) is 54.9 Å². The van der Waals surface area contributed by atoms with Gasteiger partial charge in [-0.3, -0.25) is 9.59 Å². The first kappa shape index (κ1) is 22.7. The number of Topliss-reactive ketones (excluding diaryl/α,β-unsaturated/α-hetero) is 2. The van der Waals surface area contributed by atoms with E-state index in [0.29, 0.717) is 11.1 Å². The highest BCUT2D eigenvalue weighted by Gasteiger charge is 2.63. The topological polar surface area (TPSA) is 34.1 Å². The molecule has 2 nitrogen and oxygen atoms in total. The summed E-state index contributed by atoms with van der Waals surface area (Å²) in [7, 11) is 0. The summed E-state index contributed by atoms with van der Waals surface area (Å²) >= 11 is 3.17. The van der Waals surface area contributed by atoms with Crippen LogP contribution in [0.25, 0.3) is 55.6 Å². The highest BCUT2D eigenvalue weighted by molar-refractivity contribution is 7.08. The van der Waals surface area contributed by atoms with Crippen LogP contribution in [0.5, 0.6) is 0 Å². The molecule has 4 aromatic carbocycles. The van der Waals surface area contributed by atoms with Gasteiger partial charge in [-0.15, -0.1) is 0 Å². The van der Waals surface area contributed by atoms with Crippen molar-refractivity contribution in [2.75, 3.05) is 0 Å². The number of carbonyl (C=O) groups excluding carboxylic acids is 2. The first-order valence-corrected chi connectivity index (χ1v) is 15.4. The van der Waals surface area contributed by atoms with E-state index in [1.54, 1.807) is 22.7 Å². The minimum Gasteiger partial charge on any atom is -0.293 e. The molecule has 0 amide bonds. The van der Waals surface area contributed by atoms with Gasteiger partial charge in [-0.2, -0.15) is 22.7 Å². The maximum Gasteiger partial charge on any atom is 0.175 e. The third-order valence-corrected chi connectivity index (χ3v) is 11.3. The van der Waals surface area contributed by atoms with Gasteiger partial charge in [0.25, 0.3) is 0 Å². The minimum absolute atomic E-state index is 0.0232. The Kier molecular flexibility index (Phi) is 4.16. The van der Waals surface area contributed by atoms with E-state index in [1.807, 2.05) is 47.5 Å². The van der Waals surface area contributed by atoms with Crippen molar-refractivity contribution in [2.24, 2.45) is 0 Å². The van der Waals surface area contributed by atoms with Gasteiger partial charge in [0.1, 0.15) is 0 Å². The van der Waals surface area contributed by atoms with Gasteiger partial charge in [0, 0.05) is 11.1 Å². The zero-order valence-corrected chi connectivity index (χ0v) is 23.5. The van der Waals surface area contributed by atoms with Crippen LogP contribution in [0.3, 0.4) is 0 Å². The lowest BCUT2D eigenvalue weighted by atomic mass is 9.46. The van der Waals surface area contributed by atoms with E-state index in [-0.39, 0.29) is 11.6 Å². The molecule has 6 aromatic rings. The smallest absolute Gasteiger partial charge is 0.175 e. The van der Waals surface area contributed by atoms with Gasteiger partial charge in [-0.1, -0.05) is 48.5 Å².